The highest BCUT2D eigenvalue weighted by Crippen LogP contribution is 2.39. The summed E-state index contributed by atoms with van der Waals surface area (Å²) in [5, 5.41) is 6.05. The first-order chi connectivity index (χ1) is 21.7. The maximum absolute atomic E-state index is 13.6. The lowest BCUT2D eigenvalue weighted by Crippen LogP contribution is -2.14. The van der Waals surface area contributed by atoms with Gasteiger partial charge in [-0.2, -0.15) is 0 Å². The molecular formula is C33H30N2O10. The van der Waals surface area contributed by atoms with E-state index in [1.54, 1.807) is 24.3 Å². The van der Waals surface area contributed by atoms with E-state index in [4.69, 9.17) is 32.8 Å². The van der Waals surface area contributed by atoms with Gasteiger partial charge in [0.2, 0.25) is 16.9 Å². The van der Waals surface area contributed by atoms with Crippen molar-refractivity contribution in [1.29, 1.82) is 0 Å². The van der Waals surface area contributed by atoms with Gasteiger partial charge in [-0.05, 0) is 60.7 Å². The van der Waals surface area contributed by atoms with Gasteiger partial charge in [-0.15, -0.1) is 0 Å². The Morgan fingerprint density at radius 3 is 1.20 bits per heavy atom. The van der Waals surface area contributed by atoms with Crippen molar-refractivity contribution in [2.75, 3.05) is 53.3 Å². The van der Waals surface area contributed by atoms with Crippen LogP contribution in [0.4, 0.5) is 11.4 Å². The topological polar surface area (TPSA) is 144 Å². The monoisotopic (exact) mass is 614 g/mol. The van der Waals surface area contributed by atoms with Gasteiger partial charge in [0.25, 0.3) is 11.8 Å². The van der Waals surface area contributed by atoms with Crippen LogP contribution < -0.4 is 44.5 Å². The Kier molecular flexibility index (Phi) is 8.66. The van der Waals surface area contributed by atoms with E-state index in [-0.39, 0.29) is 27.3 Å². The Morgan fingerprint density at radius 2 is 0.889 bits per heavy atom. The summed E-state index contributed by atoms with van der Waals surface area (Å²) in [4.78, 5) is 39.9. The third-order valence-electron chi connectivity index (χ3n) is 7.04. The summed E-state index contributed by atoms with van der Waals surface area (Å²) in [5.41, 5.74) is 1.53. The summed E-state index contributed by atoms with van der Waals surface area (Å²) in [6.07, 6.45) is 0. The van der Waals surface area contributed by atoms with Crippen LogP contribution in [0.1, 0.15) is 20.7 Å². The van der Waals surface area contributed by atoms with Crippen molar-refractivity contribution in [2.45, 2.75) is 0 Å². The second-order valence-corrected chi connectivity index (χ2v) is 9.59. The zero-order valence-electron chi connectivity index (χ0n) is 25.4. The molecule has 0 aliphatic rings. The molecule has 4 aromatic carbocycles. The van der Waals surface area contributed by atoms with Gasteiger partial charge in [0, 0.05) is 22.5 Å². The van der Waals surface area contributed by atoms with Crippen LogP contribution >= 0.6 is 0 Å². The normalized spacial score (nSPS) is 10.7. The van der Waals surface area contributed by atoms with Crippen LogP contribution in [0.25, 0.3) is 21.9 Å². The van der Waals surface area contributed by atoms with Gasteiger partial charge in [-0.3, -0.25) is 14.4 Å². The Morgan fingerprint density at radius 1 is 0.533 bits per heavy atom. The molecule has 0 saturated heterocycles. The number of ether oxygens (including phenoxy) is 6. The third kappa shape index (κ3) is 5.85. The number of methoxy groups -OCH3 is 6. The molecule has 0 aliphatic carbocycles. The van der Waals surface area contributed by atoms with Gasteiger partial charge in [0.15, 0.2) is 23.0 Å². The minimum atomic E-state index is -0.462. The first-order valence-corrected chi connectivity index (χ1v) is 13.5. The fourth-order valence-electron chi connectivity index (χ4n) is 4.84. The van der Waals surface area contributed by atoms with Crippen LogP contribution in [0.5, 0.6) is 34.5 Å². The summed E-state index contributed by atoms with van der Waals surface area (Å²) >= 11 is 0. The molecule has 5 aromatic rings. The van der Waals surface area contributed by atoms with Crippen molar-refractivity contribution < 1.29 is 42.4 Å². The van der Waals surface area contributed by atoms with Crippen LogP contribution in [0.15, 0.2) is 69.9 Å². The summed E-state index contributed by atoms with van der Waals surface area (Å²) in [6.45, 7) is 0. The van der Waals surface area contributed by atoms with Gasteiger partial charge < -0.3 is 43.5 Å². The Balaban J connectivity index is 1.45. The molecule has 232 valence electrons. The minimum Gasteiger partial charge on any atom is -0.493 e. The molecule has 0 spiro atoms. The average molecular weight is 615 g/mol. The number of hydrogen-bond acceptors (Lipinski definition) is 10. The van der Waals surface area contributed by atoms with E-state index in [2.05, 4.69) is 10.6 Å². The van der Waals surface area contributed by atoms with Crippen molar-refractivity contribution in [3.8, 4) is 34.5 Å². The van der Waals surface area contributed by atoms with Gasteiger partial charge in [-0.25, -0.2) is 0 Å². The number of fused-ring (bicyclic) bond motifs is 2. The van der Waals surface area contributed by atoms with E-state index in [1.807, 2.05) is 0 Å². The molecule has 0 atom stereocenters. The number of rotatable bonds is 10. The van der Waals surface area contributed by atoms with Gasteiger partial charge in [0.05, 0.1) is 53.4 Å². The second-order valence-electron chi connectivity index (χ2n) is 9.59. The lowest BCUT2D eigenvalue weighted by Gasteiger charge is -2.14. The molecule has 0 radical (unpaired) electrons. The van der Waals surface area contributed by atoms with Crippen molar-refractivity contribution in [2.24, 2.45) is 0 Å². The lowest BCUT2D eigenvalue weighted by atomic mass is 10.1. The van der Waals surface area contributed by atoms with E-state index in [0.717, 1.165) is 0 Å². The molecule has 1 aromatic heterocycles. The SMILES string of the molecule is COc1cc(C(=O)Nc2ccc3oc4ccc(NC(=O)c5cc(OC)c(OC)c(OC)c5)cc4c(=O)c3c2)cc(OC)c1OC. The van der Waals surface area contributed by atoms with E-state index < -0.39 is 11.8 Å². The maximum Gasteiger partial charge on any atom is 0.255 e. The Bertz CT molecular complexity index is 1810. The first-order valence-electron chi connectivity index (χ1n) is 13.5. The summed E-state index contributed by atoms with van der Waals surface area (Å²) < 4.78 is 38.0. The highest BCUT2D eigenvalue weighted by Gasteiger charge is 2.19. The highest BCUT2D eigenvalue weighted by atomic mass is 16.5. The van der Waals surface area contributed by atoms with Crippen LogP contribution in [0.3, 0.4) is 0 Å². The number of hydrogen-bond donors (Lipinski definition) is 2. The van der Waals surface area contributed by atoms with Crippen molar-refractivity contribution in [1.82, 2.24) is 0 Å². The smallest absolute Gasteiger partial charge is 0.255 e. The number of amides is 2. The molecule has 0 saturated carbocycles. The quantitative estimate of drug-likeness (QED) is 0.194. The molecule has 0 unspecified atom stereocenters. The van der Waals surface area contributed by atoms with Crippen molar-refractivity contribution in [3.63, 3.8) is 0 Å². The molecule has 0 aliphatic heterocycles. The Labute approximate surface area is 257 Å². The number of nitrogens with one attached hydrogen (secondary N) is 2. The van der Waals surface area contributed by atoms with Gasteiger partial charge >= 0.3 is 0 Å². The van der Waals surface area contributed by atoms with Crippen LogP contribution in [-0.2, 0) is 0 Å². The Hall–Kier alpha value is -5.91. The standard InChI is InChI=1S/C33H30N2O10/c1-39-25-11-17(12-26(40-2)30(25)43-5)32(37)34-19-7-9-23-21(15-19)29(36)22-16-20(8-10-24(22)45-23)35-33(38)18-13-27(41-3)31(44-6)28(14-18)42-4/h7-16H,1-6H3,(H,34,37)(H,35,38). The molecule has 0 bridgehead atoms. The van der Waals surface area contributed by atoms with Crippen LogP contribution in [-0.4, -0.2) is 54.5 Å². The number of benzene rings is 4. The predicted octanol–water partition coefficient (Wildman–Crippen LogP) is 5.50. The zero-order chi connectivity index (χ0) is 32.2. The average Bonchev–Trinajstić information content (AvgIpc) is 3.07. The number of anilines is 2. The molecule has 45 heavy (non-hydrogen) atoms. The van der Waals surface area contributed by atoms with Gasteiger partial charge in [-0.1, -0.05) is 0 Å². The molecule has 0 fully saturated rings. The maximum atomic E-state index is 13.6. The first kappa shape index (κ1) is 30.5. The molecule has 1 heterocycles. The molecular weight excluding hydrogens is 584 g/mol. The highest BCUT2D eigenvalue weighted by molar-refractivity contribution is 6.07. The zero-order valence-corrected chi connectivity index (χ0v) is 25.4. The second kappa shape index (κ2) is 12.8. The number of carbonyl (C=O) groups is 2. The van der Waals surface area contributed by atoms with E-state index >= 15 is 0 Å². The third-order valence-corrected chi connectivity index (χ3v) is 7.04. The number of carbonyl (C=O) groups excluding carboxylic acids is 2. The predicted molar refractivity (Wildman–Crippen MR) is 168 cm³/mol. The summed E-state index contributed by atoms with van der Waals surface area (Å²) in [5.74, 6) is 1.06. The van der Waals surface area contributed by atoms with E-state index in [0.29, 0.717) is 57.0 Å². The molecule has 5 rings (SSSR count). The summed E-state index contributed by atoms with van der Waals surface area (Å²) in [7, 11) is 8.76. The molecule has 2 N–H and O–H groups in total. The lowest BCUT2D eigenvalue weighted by molar-refractivity contribution is 0.101. The largest absolute Gasteiger partial charge is 0.493 e. The fraction of sp³-hybridized carbons (Fsp3) is 0.182. The molecule has 12 nitrogen and oxygen atoms in total. The summed E-state index contributed by atoms with van der Waals surface area (Å²) in [6, 6.07) is 15.6. The van der Waals surface area contributed by atoms with Crippen LogP contribution in [0.2, 0.25) is 0 Å². The molecule has 2 amide bonds. The van der Waals surface area contributed by atoms with Gasteiger partial charge in [0.1, 0.15) is 11.2 Å². The minimum absolute atomic E-state index is 0.235. The van der Waals surface area contributed by atoms with Crippen LogP contribution in [0, 0.1) is 0 Å². The van der Waals surface area contributed by atoms with E-state index in [1.165, 1.54) is 79.1 Å². The fourth-order valence-corrected chi connectivity index (χ4v) is 4.84. The van der Waals surface area contributed by atoms with Crippen molar-refractivity contribution in [3.05, 3.63) is 82.0 Å². The molecule has 12 heteroatoms. The van der Waals surface area contributed by atoms with E-state index in [9.17, 15) is 14.4 Å². The van der Waals surface area contributed by atoms with Crippen molar-refractivity contribution >= 4 is 45.1 Å².